The van der Waals surface area contributed by atoms with Crippen molar-refractivity contribution < 1.29 is 4.42 Å². The maximum absolute atomic E-state index is 5.10. The monoisotopic (exact) mass is 180 g/mol. The van der Waals surface area contributed by atoms with Crippen LogP contribution in [0.1, 0.15) is 31.4 Å². The molecule has 2 rings (SSSR count). The van der Waals surface area contributed by atoms with Crippen LogP contribution in [0.5, 0.6) is 0 Å². The van der Waals surface area contributed by atoms with E-state index in [9.17, 15) is 0 Å². The van der Waals surface area contributed by atoms with Gasteiger partial charge in [0.1, 0.15) is 5.76 Å². The molecular formula is C10H16N2O. The predicted octanol–water partition coefficient (Wildman–Crippen LogP) is 1.95. The number of hydrogen-bond acceptors (Lipinski definition) is 3. The van der Waals surface area contributed by atoms with E-state index in [1.165, 1.54) is 32.1 Å². The summed E-state index contributed by atoms with van der Waals surface area (Å²) in [6.45, 7) is 1.90. The van der Waals surface area contributed by atoms with Crippen LogP contribution in [0.3, 0.4) is 0 Å². The Morgan fingerprint density at radius 1 is 1.54 bits per heavy atom. The van der Waals surface area contributed by atoms with Gasteiger partial charge in [-0.1, -0.05) is 12.8 Å². The lowest BCUT2D eigenvalue weighted by Crippen LogP contribution is -2.14. The molecule has 1 fully saturated rings. The van der Waals surface area contributed by atoms with Gasteiger partial charge in [-0.25, -0.2) is 4.98 Å². The van der Waals surface area contributed by atoms with Crippen LogP contribution >= 0.6 is 0 Å². The van der Waals surface area contributed by atoms with E-state index in [-0.39, 0.29) is 0 Å². The van der Waals surface area contributed by atoms with Gasteiger partial charge in [0, 0.05) is 0 Å². The minimum atomic E-state index is 0.810. The molecule has 72 valence electrons. The van der Waals surface area contributed by atoms with Crippen LogP contribution in [0.4, 0.5) is 0 Å². The van der Waals surface area contributed by atoms with E-state index < -0.39 is 0 Å². The molecular weight excluding hydrogens is 164 g/mol. The van der Waals surface area contributed by atoms with Crippen molar-refractivity contribution in [2.45, 2.75) is 32.2 Å². The summed E-state index contributed by atoms with van der Waals surface area (Å²) in [7, 11) is 0. The fraction of sp³-hybridized carbons (Fsp3) is 0.700. The second kappa shape index (κ2) is 4.42. The van der Waals surface area contributed by atoms with Crippen molar-refractivity contribution in [3.05, 3.63) is 18.4 Å². The minimum Gasteiger partial charge on any atom is -0.447 e. The van der Waals surface area contributed by atoms with Crippen molar-refractivity contribution >= 4 is 0 Å². The summed E-state index contributed by atoms with van der Waals surface area (Å²) in [6.07, 6.45) is 8.83. The van der Waals surface area contributed by atoms with Crippen molar-refractivity contribution in [3.8, 4) is 0 Å². The highest BCUT2D eigenvalue weighted by atomic mass is 16.3. The highest BCUT2D eigenvalue weighted by Crippen LogP contribution is 2.33. The fourth-order valence-electron chi connectivity index (χ4n) is 1.46. The van der Waals surface area contributed by atoms with Gasteiger partial charge in [-0.2, -0.15) is 0 Å². The second-order valence-corrected chi connectivity index (χ2v) is 3.73. The third-order valence-corrected chi connectivity index (χ3v) is 2.45. The van der Waals surface area contributed by atoms with Crippen molar-refractivity contribution in [2.75, 3.05) is 6.54 Å². The number of nitrogens with one attached hydrogen (secondary N) is 1. The predicted molar refractivity (Wildman–Crippen MR) is 50.2 cm³/mol. The number of rotatable bonds is 6. The normalized spacial score (nSPS) is 16.3. The minimum absolute atomic E-state index is 0.810. The maximum Gasteiger partial charge on any atom is 0.180 e. The van der Waals surface area contributed by atoms with Crippen molar-refractivity contribution in [3.63, 3.8) is 0 Å². The molecule has 3 nitrogen and oxygen atoms in total. The van der Waals surface area contributed by atoms with Crippen LogP contribution in [0.15, 0.2) is 17.0 Å². The van der Waals surface area contributed by atoms with Crippen LogP contribution in [0.25, 0.3) is 0 Å². The van der Waals surface area contributed by atoms with Crippen molar-refractivity contribution in [1.29, 1.82) is 0 Å². The summed E-state index contributed by atoms with van der Waals surface area (Å²) >= 11 is 0. The molecule has 0 aromatic carbocycles. The standard InChI is InChI=1S/C10H16N2O/c1(2-9-3-4-9)5-11-6-10-7-12-8-13-10/h7-9,11H,1-6H2. The van der Waals surface area contributed by atoms with E-state index >= 15 is 0 Å². The molecule has 0 radical (unpaired) electrons. The number of aromatic nitrogens is 1. The molecule has 0 saturated heterocycles. The summed E-state index contributed by atoms with van der Waals surface area (Å²) in [5, 5.41) is 3.34. The summed E-state index contributed by atoms with van der Waals surface area (Å²) in [6, 6.07) is 0. The molecule has 3 heteroatoms. The first kappa shape index (κ1) is 8.75. The zero-order valence-corrected chi connectivity index (χ0v) is 7.83. The van der Waals surface area contributed by atoms with Gasteiger partial charge in [0.2, 0.25) is 0 Å². The first-order valence-corrected chi connectivity index (χ1v) is 5.03. The van der Waals surface area contributed by atoms with E-state index in [0.29, 0.717) is 0 Å². The third kappa shape index (κ3) is 3.19. The van der Waals surface area contributed by atoms with E-state index in [1.807, 2.05) is 0 Å². The lowest BCUT2D eigenvalue weighted by Gasteiger charge is -2.00. The van der Waals surface area contributed by atoms with Gasteiger partial charge < -0.3 is 9.73 Å². The van der Waals surface area contributed by atoms with Gasteiger partial charge in [0.25, 0.3) is 0 Å². The van der Waals surface area contributed by atoms with Crippen LogP contribution in [0, 0.1) is 5.92 Å². The molecule has 13 heavy (non-hydrogen) atoms. The van der Waals surface area contributed by atoms with Crippen LogP contribution in [0.2, 0.25) is 0 Å². The highest BCUT2D eigenvalue weighted by molar-refractivity contribution is 4.86. The molecule has 0 aliphatic heterocycles. The quantitative estimate of drug-likeness (QED) is 0.680. The Kier molecular flexibility index (Phi) is 2.98. The van der Waals surface area contributed by atoms with Gasteiger partial charge in [-0.15, -0.1) is 0 Å². The third-order valence-electron chi connectivity index (χ3n) is 2.45. The van der Waals surface area contributed by atoms with Gasteiger partial charge in [0.15, 0.2) is 6.39 Å². The molecule has 1 aromatic rings. The number of hydrogen-bond donors (Lipinski definition) is 1. The Morgan fingerprint density at radius 2 is 2.46 bits per heavy atom. The Morgan fingerprint density at radius 3 is 3.15 bits per heavy atom. The second-order valence-electron chi connectivity index (χ2n) is 3.73. The largest absolute Gasteiger partial charge is 0.447 e. The van der Waals surface area contributed by atoms with Gasteiger partial charge in [0.05, 0.1) is 12.7 Å². The summed E-state index contributed by atoms with van der Waals surface area (Å²) in [5.41, 5.74) is 0. The molecule has 0 unspecified atom stereocenters. The van der Waals surface area contributed by atoms with Crippen molar-refractivity contribution in [2.24, 2.45) is 5.92 Å². The summed E-state index contributed by atoms with van der Waals surface area (Å²) in [5.74, 6) is 1.97. The topological polar surface area (TPSA) is 38.1 Å². The van der Waals surface area contributed by atoms with E-state index in [0.717, 1.165) is 24.8 Å². The van der Waals surface area contributed by atoms with Gasteiger partial charge in [-0.3, -0.25) is 0 Å². The van der Waals surface area contributed by atoms with E-state index in [1.54, 1.807) is 6.20 Å². The molecule has 0 spiro atoms. The first-order chi connectivity index (χ1) is 6.45. The Labute approximate surface area is 78.5 Å². The van der Waals surface area contributed by atoms with Crippen molar-refractivity contribution in [1.82, 2.24) is 10.3 Å². The molecule has 1 aromatic heterocycles. The average Bonchev–Trinajstić information content (AvgIpc) is 2.81. The number of nitrogens with zero attached hydrogens (tertiary/aromatic N) is 1. The lowest BCUT2D eigenvalue weighted by atomic mass is 10.2. The van der Waals surface area contributed by atoms with E-state index in [4.69, 9.17) is 4.42 Å². The summed E-state index contributed by atoms with van der Waals surface area (Å²) in [4.78, 5) is 3.85. The molecule has 1 aliphatic rings. The molecule has 1 aliphatic carbocycles. The smallest absolute Gasteiger partial charge is 0.180 e. The molecule has 1 saturated carbocycles. The van der Waals surface area contributed by atoms with Crippen LogP contribution in [-0.2, 0) is 6.54 Å². The average molecular weight is 180 g/mol. The van der Waals surface area contributed by atoms with Gasteiger partial charge in [-0.05, 0) is 25.3 Å². The SMILES string of the molecule is c1ncc(CNCCCC2CC2)o1. The molecule has 0 bridgehead atoms. The Hall–Kier alpha value is -0.830. The maximum atomic E-state index is 5.10. The molecule has 0 atom stereocenters. The zero-order chi connectivity index (χ0) is 8.93. The van der Waals surface area contributed by atoms with Crippen LogP contribution in [-0.4, -0.2) is 11.5 Å². The number of oxazole rings is 1. The van der Waals surface area contributed by atoms with Gasteiger partial charge >= 0.3 is 0 Å². The first-order valence-electron chi connectivity index (χ1n) is 5.03. The van der Waals surface area contributed by atoms with Crippen LogP contribution < -0.4 is 5.32 Å². The molecule has 1 N–H and O–H groups in total. The lowest BCUT2D eigenvalue weighted by molar-refractivity contribution is 0.473. The van der Waals surface area contributed by atoms with E-state index in [2.05, 4.69) is 10.3 Å². The Bertz CT molecular complexity index is 229. The highest BCUT2D eigenvalue weighted by Gasteiger charge is 2.19. The molecule has 0 amide bonds. The fourth-order valence-corrected chi connectivity index (χ4v) is 1.46. The Balaban J connectivity index is 1.48. The zero-order valence-electron chi connectivity index (χ0n) is 7.83. The molecule has 1 heterocycles. The summed E-state index contributed by atoms with van der Waals surface area (Å²) < 4.78 is 5.10.